The van der Waals surface area contributed by atoms with E-state index in [0.717, 1.165) is 12.2 Å². The van der Waals surface area contributed by atoms with Gasteiger partial charge in [0, 0.05) is 26.8 Å². The summed E-state index contributed by atoms with van der Waals surface area (Å²) in [6, 6.07) is 1.76. The van der Waals surface area contributed by atoms with Gasteiger partial charge in [0.2, 0.25) is 5.89 Å². The molecule has 0 radical (unpaired) electrons. The fourth-order valence-corrected chi connectivity index (χ4v) is 1.61. The lowest BCUT2D eigenvalue weighted by molar-refractivity contribution is 0.155. The Morgan fingerprint density at radius 1 is 1.56 bits per heavy atom. The average Bonchev–Trinajstić information content (AvgIpc) is 2.97. The predicted molar refractivity (Wildman–Crippen MR) is 65.1 cm³/mol. The molecule has 2 aromatic rings. The first kappa shape index (κ1) is 12.6. The molecular weight excluding hydrogens is 234 g/mol. The van der Waals surface area contributed by atoms with Crippen LogP contribution >= 0.6 is 0 Å². The molecule has 0 amide bonds. The third kappa shape index (κ3) is 2.51. The quantitative estimate of drug-likeness (QED) is 0.835. The molecule has 0 fully saturated rings. The van der Waals surface area contributed by atoms with Gasteiger partial charge < -0.3 is 14.5 Å². The standard InChI is InChI=1S/C11H17N5O2/c1-4-15(2)11-13-10(18-14-11)7-9(17)8-5-6-12-16(8)3/h5-6,9,17H,4,7H2,1-3H3. The number of aryl methyl sites for hydroxylation is 1. The van der Waals surface area contributed by atoms with Gasteiger partial charge >= 0.3 is 0 Å². The molecule has 2 heterocycles. The number of aromatic nitrogens is 4. The van der Waals surface area contributed by atoms with Gasteiger partial charge in [0.1, 0.15) is 6.10 Å². The molecule has 2 rings (SSSR count). The number of hydrogen-bond donors (Lipinski definition) is 1. The normalized spacial score (nSPS) is 12.7. The number of hydrogen-bond acceptors (Lipinski definition) is 6. The van der Waals surface area contributed by atoms with Gasteiger partial charge in [0.05, 0.1) is 12.1 Å². The van der Waals surface area contributed by atoms with Gasteiger partial charge in [0.15, 0.2) is 0 Å². The number of nitrogens with zero attached hydrogens (tertiary/aromatic N) is 5. The highest BCUT2D eigenvalue weighted by atomic mass is 16.5. The maximum Gasteiger partial charge on any atom is 0.265 e. The van der Waals surface area contributed by atoms with Crippen LogP contribution in [0.2, 0.25) is 0 Å². The molecule has 7 heteroatoms. The van der Waals surface area contributed by atoms with Crippen LogP contribution in [0, 0.1) is 0 Å². The molecular formula is C11H17N5O2. The summed E-state index contributed by atoms with van der Waals surface area (Å²) in [6.07, 6.45) is 1.23. The molecule has 0 bridgehead atoms. The van der Waals surface area contributed by atoms with Gasteiger partial charge in [-0.3, -0.25) is 4.68 Å². The first-order chi connectivity index (χ1) is 8.61. The summed E-state index contributed by atoms with van der Waals surface area (Å²) in [5.41, 5.74) is 0.721. The van der Waals surface area contributed by atoms with Crippen molar-refractivity contribution in [3.8, 4) is 0 Å². The monoisotopic (exact) mass is 251 g/mol. The summed E-state index contributed by atoms with van der Waals surface area (Å²) in [6.45, 7) is 2.80. The number of aliphatic hydroxyl groups is 1. The van der Waals surface area contributed by atoms with E-state index in [1.165, 1.54) is 0 Å². The second kappa shape index (κ2) is 5.18. The van der Waals surface area contributed by atoms with Crippen LogP contribution in [-0.4, -0.2) is 38.6 Å². The highest BCUT2D eigenvalue weighted by molar-refractivity contribution is 5.25. The van der Waals surface area contributed by atoms with E-state index in [4.69, 9.17) is 4.52 Å². The van der Waals surface area contributed by atoms with Crippen molar-refractivity contribution in [3.63, 3.8) is 0 Å². The summed E-state index contributed by atoms with van der Waals surface area (Å²) in [5.74, 6) is 0.948. The number of anilines is 1. The van der Waals surface area contributed by atoms with Crippen LogP contribution in [0.5, 0.6) is 0 Å². The summed E-state index contributed by atoms with van der Waals surface area (Å²) in [7, 11) is 3.66. The largest absolute Gasteiger partial charge is 0.386 e. The van der Waals surface area contributed by atoms with Gasteiger partial charge in [-0.25, -0.2) is 0 Å². The molecule has 0 aromatic carbocycles. The van der Waals surface area contributed by atoms with Crippen LogP contribution in [0.4, 0.5) is 5.95 Å². The molecule has 0 aliphatic rings. The molecule has 0 saturated heterocycles. The van der Waals surface area contributed by atoms with E-state index < -0.39 is 6.10 Å². The zero-order chi connectivity index (χ0) is 13.1. The van der Waals surface area contributed by atoms with E-state index in [9.17, 15) is 5.11 Å². The van der Waals surface area contributed by atoms with E-state index in [2.05, 4.69) is 15.2 Å². The first-order valence-corrected chi connectivity index (χ1v) is 5.81. The smallest absolute Gasteiger partial charge is 0.265 e. The van der Waals surface area contributed by atoms with Crippen molar-refractivity contribution in [1.82, 2.24) is 19.9 Å². The summed E-state index contributed by atoms with van der Waals surface area (Å²) < 4.78 is 6.73. The maximum absolute atomic E-state index is 10.0. The second-order valence-corrected chi connectivity index (χ2v) is 4.10. The van der Waals surface area contributed by atoms with Crippen LogP contribution in [0.25, 0.3) is 0 Å². The minimum atomic E-state index is -0.697. The molecule has 1 atom stereocenters. The van der Waals surface area contributed by atoms with Crippen LogP contribution in [0.1, 0.15) is 24.6 Å². The number of rotatable bonds is 5. The Morgan fingerprint density at radius 2 is 2.33 bits per heavy atom. The van der Waals surface area contributed by atoms with Gasteiger partial charge in [-0.1, -0.05) is 0 Å². The van der Waals surface area contributed by atoms with E-state index in [-0.39, 0.29) is 6.42 Å². The highest BCUT2D eigenvalue weighted by Gasteiger charge is 2.17. The highest BCUT2D eigenvalue weighted by Crippen LogP contribution is 2.17. The topological polar surface area (TPSA) is 80.2 Å². The van der Waals surface area contributed by atoms with Gasteiger partial charge in [-0.2, -0.15) is 10.1 Å². The summed E-state index contributed by atoms with van der Waals surface area (Å²) in [5, 5.41) is 17.9. The third-order valence-corrected chi connectivity index (χ3v) is 2.84. The molecule has 98 valence electrons. The Balaban J connectivity index is 2.06. The van der Waals surface area contributed by atoms with E-state index in [1.54, 1.807) is 24.0 Å². The van der Waals surface area contributed by atoms with Gasteiger partial charge in [-0.05, 0) is 18.1 Å². The summed E-state index contributed by atoms with van der Waals surface area (Å²) in [4.78, 5) is 6.08. The minimum Gasteiger partial charge on any atom is -0.386 e. The van der Waals surface area contributed by atoms with Gasteiger partial charge in [-0.15, -0.1) is 0 Å². The Hall–Kier alpha value is -1.89. The maximum atomic E-state index is 10.0. The minimum absolute atomic E-state index is 0.282. The number of aliphatic hydroxyl groups excluding tert-OH is 1. The van der Waals surface area contributed by atoms with Crippen LogP contribution in [0.15, 0.2) is 16.8 Å². The zero-order valence-electron chi connectivity index (χ0n) is 10.7. The van der Waals surface area contributed by atoms with Crippen LogP contribution in [-0.2, 0) is 13.5 Å². The van der Waals surface area contributed by atoms with Gasteiger partial charge in [0.25, 0.3) is 5.95 Å². The Kier molecular flexibility index (Phi) is 3.61. The second-order valence-electron chi connectivity index (χ2n) is 4.10. The van der Waals surface area contributed by atoms with Crippen molar-refractivity contribution in [2.45, 2.75) is 19.4 Å². The van der Waals surface area contributed by atoms with Crippen molar-refractivity contribution in [2.75, 3.05) is 18.5 Å². The van der Waals surface area contributed by atoms with Crippen molar-refractivity contribution >= 4 is 5.95 Å². The first-order valence-electron chi connectivity index (χ1n) is 5.81. The molecule has 0 aliphatic heterocycles. The molecule has 1 N–H and O–H groups in total. The SMILES string of the molecule is CCN(C)c1noc(CC(O)c2ccnn2C)n1. The third-order valence-electron chi connectivity index (χ3n) is 2.84. The van der Waals surface area contributed by atoms with E-state index >= 15 is 0 Å². The molecule has 18 heavy (non-hydrogen) atoms. The lowest BCUT2D eigenvalue weighted by Gasteiger charge is -2.09. The van der Waals surface area contributed by atoms with E-state index in [1.807, 2.05) is 18.9 Å². The molecule has 0 saturated carbocycles. The molecule has 7 nitrogen and oxygen atoms in total. The Labute approximate surface area is 105 Å². The molecule has 0 aliphatic carbocycles. The van der Waals surface area contributed by atoms with Crippen molar-refractivity contribution in [2.24, 2.45) is 7.05 Å². The van der Waals surface area contributed by atoms with E-state index in [0.29, 0.717) is 11.8 Å². The molecule has 2 aromatic heterocycles. The zero-order valence-corrected chi connectivity index (χ0v) is 10.7. The van der Waals surface area contributed by atoms with Crippen molar-refractivity contribution in [3.05, 3.63) is 23.8 Å². The fourth-order valence-electron chi connectivity index (χ4n) is 1.61. The lowest BCUT2D eigenvalue weighted by atomic mass is 10.2. The van der Waals surface area contributed by atoms with Crippen molar-refractivity contribution in [1.29, 1.82) is 0 Å². The van der Waals surface area contributed by atoms with Crippen LogP contribution < -0.4 is 4.90 Å². The molecule has 1 unspecified atom stereocenters. The predicted octanol–water partition coefficient (Wildman–Crippen LogP) is 0.535. The summed E-state index contributed by atoms with van der Waals surface area (Å²) >= 11 is 0. The van der Waals surface area contributed by atoms with Crippen molar-refractivity contribution < 1.29 is 9.63 Å². The Bertz CT molecular complexity index is 507. The lowest BCUT2D eigenvalue weighted by Crippen LogP contribution is -2.17. The molecule has 0 spiro atoms. The average molecular weight is 251 g/mol. The Morgan fingerprint density at radius 3 is 2.94 bits per heavy atom. The fraction of sp³-hybridized carbons (Fsp3) is 0.545. The van der Waals surface area contributed by atoms with Crippen LogP contribution in [0.3, 0.4) is 0 Å².